The summed E-state index contributed by atoms with van der Waals surface area (Å²) in [4.78, 5) is 25.2. The van der Waals surface area contributed by atoms with Gasteiger partial charge in [-0.1, -0.05) is 37.1 Å². The Morgan fingerprint density at radius 3 is 2.41 bits per heavy atom. The molecule has 7 nitrogen and oxygen atoms in total. The number of nitrogens with zero attached hydrogens (tertiary/aromatic N) is 1. The van der Waals surface area contributed by atoms with Crippen molar-refractivity contribution in [3.63, 3.8) is 0 Å². The van der Waals surface area contributed by atoms with Crippen molar-refractivity contribution in [3.05, 3.63) is 58.6 Å². The van der Waals surface area contributed by atoms with E-state index in [-0.39, 0.29) is 16.5 Å². The number of carbonyl (C=O) groups excluding carboxylic acids is 2. The van der Waals surface area contributed by atoms with Gasteiger partial charge in [-0.15, -0.1) is 0 Å². The number of rotatable bonds is 8. The molecule has 0 saturated heterocycles. The normalized spacial score (nSPS) is 11.0. The molecule has 0 aliphatic rings. The summed E-state index contributed by atoms with van der Waals surface area (Å²) >= 11 is 6.15. The van der Waals surface area contributed by atoms with E-state index in [1.807, 2.05) is 6.92 Å². The molecule has 0 aromatic heterocycles. The van der Waals surface area contributed by atoms with Gasteiger partial charge in [0.25, 0.3) is 11.8 Å². The molecule has 0 bridgehead atoms. The highest BCUT2D eigenvalue weighted by Crippen LogP contribution is 2.25. The lowest BCUT2D eigenvalue weighted by molar-refractivity contribution is 0.0954. The predicted molar refractivity (Wildman–Crippen MR) is 116 cm³/mol. The van der Waals surface area contributed by atoms with Gasteiger partial charge >= 0.3 is 0 Å². The second-order valence-corrected chi connectivity index (χ2v) is 8.92. The average Bonchev–Trinajstić information content (AvgIpc) is 2.67. The average molecular weight is 438 g/mol. The minimum absolute atomic E-state index is 0.0980. The monoisotopic (exact) mass is 437 g/mol. The Hall–Kier alpha value is -2.58. The molecule has 0 aliphatic carbocycles. The molecule has 0 fully saturated rings. The summed E-state index contributed by atoms with van der Waals surface area (Å²) in [5.41, 5.74) is 1.07. The topological polar surface area (TPSA) is 95.6 Å². The molecule has 0 unspecified atom stereocenters. The molecule has 2 N–H and O–H groups in total. The van der Waals surface area contributed by atoms with Gasteiger partial charge < -0.3 is 10.6 Å². The maximum Gasteiger partial charge on any atom is 0.257 e. The molecule has 9 heteroatoms. The molecule has 2 rings (SSSR count). The molecule has 0 saturated carbocycles. The molecule has 2 aromatic rings. The summed E-state index contributed by atoms with van der Waals surface area (Å²) in [6.45, 7) is 2.57. The van der Waals surface area contributed by atoms with Crippen LogP contribution in [-0.4, -0.2) is 40.1 Å². The smallest absolute Gasteiger partial charge is 0.257 e. The van der Waals surface area contributed by atoms with Crippen LogP contribution in [0.25, 0.3) is 0 Å². The third-order valence-corrected chi connectivity index (χ3v) is 5.83. The van der Waals surface area contributed by atoms with Crippen LogP contribution in [0.3, 0.4) is 0 Å². The van der Waals surface area contributed by atoms with Gasteiger partial charge in [-0.05, 0) is 36.8 Å². The Balaban J connectivity index is 2.28. The number of hydrogen-bond acceptors (Lipinski definition) is 4. The highest BCUT2D eigenvalue weighted by molar-refractivity contribution is 7.92. The van der Waals surface area contributed by atoms with Gasteiger partial charge in [0.2, 0.25) is 10.0 Å². The number of nitrogens with one attached hydrogen (secondary N) is 2. The van der Waals surface area contributed by atoms with E-state index in [2.05, 4.69) is 10.6 Å². The quantitative estimate of drug-likeness (QED) is 0.617. The lowest BCUT2D eigenvalue weighted by Crippen LogP contribution is -2.26. The number of benzene rings is 2. The van der Waals surface area contributed by atoms with Crippen molar-refractivity contribution < 1.29 is 18.0 Å². The number of sulfonamides is 1. The fourth-order valence-electron chi connectivity index (χ4n) is 2.53. The lowest BCUT2D eigenvalue weighted by atomic mass is 10.1. The number of unbranched alkanes of at least 4 members (excludes halogenated alkanes) is 1. The second kappa shape index (κ2) is 9.76. The van der Waals surface area contributed by atoms with Crippen LogP contribution in [0.2, 0.25) is 5.02 Å². The summed E-state index contributed by atoms with van der Waals surface area (Å²) < 4.78 is 24.6. The van der Waals surface area contributed by atoms with Crippen LogP contribution in [-0.2, 0) is 10.0 Å². The van der Waals surface area contributed by atoms with E-state index < -0.39 is 15.9 Å². The summed E-state index contributed by atoms with van der Waals surface area (Å²) in [5.74, 6) is -0.835. The predicted octanol–water partition coefficient (Wildman–Crippen LogP) is 3.52. The highest BCUT2D eigenvalue weighted by atomic mass is 35.5. The van der Waals surface area contributed by atoms with Crippen LogP contribution in [0.4, 0.5) is 11.4 Å². The van der Waals surface area contributed by atoms with E-state index in [0.717, 1.165) is 23.4 Å². The van der Waals surface area contributed by atoms with E-state index in [1.54, 1.807) is 24.3 Å². The third kappa shape index (κ3) is 5.95. The Kier molecular flexibility index (Phi) is 7.64. The van der Waals surface area contributed by atoms with Crippen LogP contribution in [0, 0.1) is 0 Å². The maximum absolute atomic E-state index is 12.8. The Morgan fingerprint density at radius 1 is 1.07 bits per heavy atom. The number of para-hydroxylation sites is 1. The van der Waals surface area contributed by atoms with E-state index in [4.69, 9.17) is 11.6 Å². The number of amides is 2. The molecule has 156 valence electrons. The van der Waals surface area contributed by atoms with Crippen molar-refractivity contribution >= 4 is 44.8 Å². The lowest BCUT2D eigenvalue weighted by Gasteiger charge is -2.18. The second-order valence-electron chi connectivity index (χ2n) is 6.50. The first-order valence-electron chi connectivity index (χ1n) is 9.07. The van der Waals surface area contributed by atoms with Gasteiger partial charge in [-0.25, -0.2) is 8.42 Å². The number of halogens is 1. The van der Waals surface area contributed by atoms with Crippen molar-refractivity contribution in [3.8, 4) is 0 Å². The summed E-state index contributed by atoms with van der Waals surface area (Å²) in [7, 11) is -2.11. The first-order chi connectivity index (χ1) is 13.6. The minimum atomic E-state index is -3.49. The van der Waals surface area contributed by atoms with Crippen molar-refractivity contribution in [1.29, 1.82) is 0 Å². The Bertz CT molecular complexity index is 1010. The molecule has 0 aliphatic heterocycles. The van der Waals surface area contributed by atoms with Gasteiger partial charge in [0.1, 0.15) is 0 Å². The van der Waals surface area contributed by atoms with Crippen molar-refractivity contribution in [2.24, 2.45) is 0 Å². The number of anilines is 2. The number of carbonyl (C=O) groups is 2. The maximum atomic E-state index is 12.8. The molecule has 0 radical (unpaired) electrons. The SMILES string of the molecule is CCCCNC(=O)c1ccccc1NC(=O)c1cc(N(C)S(C)(=O)=O)ccc1Cl. The molecular weight excluding hydrogens is 414 g/mol. The Labute approximate surface area is 176 Å². The Morgan fingerprint density at radius 2 is 1.76 bits per heavy atom. The van der Waals surface area contributed by atoms with Crippen LogP contribution in [0.15, 0.2) is 42.5 Å². The molecule has 0 spiro atoms. The van der Waals surface area contributed by atoms with Gasteiger partial charge in [0.15, 0.2) is 0 Å². The fourth-order valence-corrected chi connectivity index (χ4v) is 3.23. The van der Waals surface area contributed by atoms with Gasteiger partial charge in [0, 0.05) is 13.6 Å². The van der Waals surface area contributed by atoms with E-state index in [1.165, 1.54) is 25.2 Å². The van der Waals surface area contributed by atoms with E-state index >= 15 is 0 Å². The minimum Gasteiger partial charge on any atom is -0.352 e. The van der Waals surface area contributed by atoms with E-state index in [0.29, 0.717) is 23.5 Å². The summed E-state index contributed by atoms with van der Waals surface area (Å²) in [6, 6.07) is 11.0. The third-order valence-electron chi connectivity index (χ3n) is 4.29. The van der Waals surface area contributed by atoms with Crippen molar-refractivity contribution in [2.45, 2.75) is 19.8 Å². The zero-order valence-electron chi connectivity index (χ0n) is 16.5. The van der Waals surface area contributed by atoms with Crippen molar-refractivity contribution in [2.75, 3.05) is 29.5 Å². The first kappa shape index (κ1) is 22.7. The van der Waals surface area contributed by atoms with Gasteiger partial charge in [-0.2, -0.15) is 0 Å². The summed E-state index contributed by atoms with van der Waals surface area (Å²) in [6.07, 6.45) is 2.88. The molecule has 0 heterocycles. The van der Waals surface area contributed by atoms with Crippen LogP contribution >= 0.6 is 11.6 Å². The largest absolute Gasteiger partial charge is 0.352 e. The fraction of sp³-hybridized carbons (Fsp3) is 0.300. The standard InChI is InChI=1S/C20H24ClN3O4S/c1-4-5-12-22-19(25)15-8-6-7-9-18(15)23-20(26)16-13-14(10-11-17(16)21)24(2)29(3,27)28/h6-11,13H,4-5,12H2,1-3H3,(H,22,25)(H,23,26). The van der Waals surface area contributed by atoms with Crippen LogP contribution in [0.1, 0.15) is 40.5 Å². The molecule has 29 heavy (non-hydrogen) atoms. The zero-order valence-corrected chi connectivity index (χ0v) is 18.1. The molecule has 2 amide bonds. The molecule has 2 aromatic carbocycles. The molecule has 0 atom stereocenters. The first-order valence-corrected chi connectivity index (χ1v) is 11.3. The zero-order chi connectivity index (χ0) is 21.6. The van der Waals surface area contributed by atoms with Crippen LogP contribution in [0.5, 0.6) is 0 Å². The summed E-state index contributed by atoms with van der Waals surface area (Å²) in [5, 5.41) is 5.67. The van der Waals surface area contributed by atoms with Crippen LogP contribution < -0.4 is 14.9 Å². The van der Waals surface area contributed by atoms with Crippen molar-refractivity contribution in [1.82, 2.24) is 5.32 Å². The molecular formula is C20H24ClN3O4S. The van der Waals surface area contributed by atoms with E-state index in [9.17, 15) is 18.0 Å². The highest BCUT2D eigenvalue weighted by Gasteiger charge is 2.19. The number of hydrogen-bond donors (Lipinski definition) is 2. The van der Waals surface area contributed by atoms with Gasteiger partial charge in [-0.3, -0.25) is 13.9 Å². The van der Waals surface area contributed by atoms with Gasteiger partial charge in [0.05, 0.1) is 33.8 Å².